The topological polar surface area (TPSA) is 150 Å². The highest BCUT2D eigenvalue weighted by Crippen LogP contribution is 2.40. The molecule has 3 heterocycles. The highest BCUT2D eigenvalue weighted by Gasteiger charge is 2.45. The van der Waals surface area contributed by atoms with E-state index in [4.69, 9.17) is 56.6 Å². The minimum Gasteiger partial charge on any atom is -0.491 e. The first-order valence-corrected chi connectivity index (χ1v) is 15.3. The van der Waals surface area contributed by atoms with Gasteiger partial charge in [-0.3, -0.25) is 4.79 Å². The van der Waals surface area contributed by atoms with Gasteiger partial charge in [0.05, 0.1) is 24.5 Å². The summed E-state index contributed by atoms with van der Waals surface area (Å²) < 4.78 is 20.6. The first-order chi connectivity index (χ1) is 19.4. The normalized spacial score (nSPS) is 20.9. The number of carbonyl (C=O) groups is 1. The molecule has 2 aromatic carbocycles. The third-order valence-corrected chi connectivity index (χ3v) is 7.06. The van der Waals surface area contributed by atoms with Gasteiger partial charge >= 0.3 is 9.05 Å². The van der Waals surface area contributed by atoms with Crippen LogP contribution in [0.2, 0.25) is 10.0 Å². The smallest absolute Gasteiger partial charge is 0.491 e. The first kappa shape index (κ1) is 31.2. The summed E-state index contributed by atoms with van der Waals surface area (Å²) in [6.07, 6.45) is 4.98. The van der Waals surface area contributed by atoms with E-state index in [1.54, 1.807) is 31.6 Å². The summed E-state index contributed by atoms with van der Waals surface area (Å²) >= 11 is 12.7. The molecule has 12 nitrogen and oxygen atoms in total. The Morgan fingerprint density at radius 2 is 1.78 bits per heavy atom. The molecule has 15 heteroatoms. The number of rotatable bonds is 7. The summed E-state index contributed by atoms with van der Waals surface area (Å²) in [5.41, 5.74) is 1.82. The Labute approximate surface area is 248 Å². The van der Waals surface area contributed by atoms with Crippen LogP contribution >= 0.6 is 23.2 Å². The Kier molecular flexibility index (Phi) is 10.3. The molecule has 1 aromatic heterocycles. The first-order valence-electron chi connectivity index (χ1n) is 12.8. The summed E-state index contributed by atoms with van der Waals surface area (Å²) in [4.78, 5) is 49.1. The number of halogens is 2. The standard InChI is InChI=1S/C26H28Cl2N4O4.H4O4Si/c1-19(33)31-10-12-32(13-11-31)21-3-5-22(6-4-21)34-15-23-16-35-26(36-23,17-30-9-8-29-18-30)24-7-2-20(27)14-25(24)28;1-5(2,3)4/h2-9,14,18,23H,10-13,15-17H2,1H3;1-4H/t23-,26-;/m0./s1. The molecule has 2 fully saturated rings. The van der Waals surface area contributed by atoms with Crippen LogP contribution in [0.1, 0.15) is 12.5 Å². The molecule has 0 spiro atoms. The van der Waals surface area contributed by atoms with Gasteiger partial charge in [-0.05, 0) is 36.4 Å². The minimum absolute atomic E-state index is 0.129. The molecule has 2 saturated heterocycles. The van der Waals surface area contributed by atoms with Gasteiger partial charge in [-0.2, -0.15) is 0 Å². The van der Waals surface area contributed by atoms with E-state index in [0.29, 0.717) is 35.4 Å². The average Bonchev–Trinajstić information content (AvgIpc) is 3.57. The van der Waals surface area contributed by atoms with E-state index in [1.165, 1.54) is 0 Å². The van der Waals surface area contributed by atoms with Crippen LogP contribution in [0, 0.1) is 0 Å². The van der Waals surface area contributed by atoms with Gasteiger partial charge in [0.2, 0.25) is 11.7 Å². The largest absolute Gasteiger partial charge is 0.668 e. The molecule has 4 N–H and O–H groups in total. The van der Waals surface area contributed by atoms with E-state index in [9.17, 15) is 4.79 Å². The van der Waals surface area contributed by atoms with Gasteiger partial charge < -0.3 is 47.8 Å². The molecule has 0 bridgehead atoms. The van der Waals surface area contributed by atoms with Crippen molar-refractivity contribution in [2.75, 3.05) is 44.3 Å². The van der Waals surface area contributed by atoms with Crippen LogP contribution in [0.5, 0.6) is 5.75 Å². The molecule has 2 aliphatic rings. The monoisotopic (exact) mass is 626 g/mol. The average molecular weight is 628 g/mol. The number of aromatic nitrogens is 2. The SMILES string of the molecule is CC(=O)N1CCN(c2ccc(OC[C@H]3CO[C@](Cn4ccnc4)(c4ccc(Cl)cc4Cl)O3)cc2)CC1.O[Si](O)(O)O. The highest BCUT2D eigenvalue weighted by molar-refractivity contribution is 6.46. The number of benzene rings is 2. The second kappa shape index (κ2) is 13.5. The molecule has 5 rings (SSSR count). The summed E-state index contributed by atoms with van der Waals surface area (Å²) in [5, 5.41) is 1.02. The summed E-state index contributed by atoms with van der Waals surface area (Å²) in [7, 11) is -4.61. The van der Waals surface area contributed by atoms with Gasteiger partial charge in [0.1, 0.15) is 18.5 Å². The van der Waals surface area contributed by atoms with Crippen LogP contribution in [0.25, 0.3) is 0 Å². The predicted octanol–water partition coefficient (Wildman–Crippen LogP) is 1.60. The van der Waals surface area contributed by atoms with E-state index in [0.717, 1.165) is 37.6 Å². The number of nitrogens with zero attached hydrogens (tertiary/aromatic N) is 4. The van der Waals surface area contributed by atoms with Crippen molar-refractivity contribution in [2.24, 2.45) is 0 Å². The van der Waals surface area contributed by atoms with Crippen LogP contribution < -0.4 is 9.64 Å². The van der Waals surface area contributed by atoms with Crippen LogP contribution in [0.15, 0.2) is 61.2 Å². The number of hydrogen-bond acceptors (Lipinski definition) is 10. The molecule has 41 heavy (non-hydrogen) atoms. The molecule has 2 aliphatic heterocycles. The fourth-order valence-corrected chi connectivity index (χ4v) is 5.15. The second-order valence-electron chi connectivity index (χ2n) is 9.56. The molecule has 222 valence electrons. The maximum Gasteiger partial charge on any atom is 0.668 e. The zero-order chi connectivity index (χ0) is 29.6. The quantitative estimate of drug-likeness (QED) is 0.285. The second-order valence-corrected chi connectivity index (χ2v) is 11.6. The summed E-state index contributed by atoms with van der Waals surface area (Å²) in [6.45, 7) is 5.80. The van der Waals surface area contributed by atoms with Crippen molar-refractivity contribution in [1.29, 1.82) is 0 Å². The maximum atomic E-state index is 11.6. The fraction of sp³-hybridized carbons (Fsp3) is 0.385. The van der Waals surface area contributed by atoms with E-state index in [-0.39, 0.29) is 12.0 Å². The van der Waals surface area contributed by atoms with Crippen molar-refractivity contribution in [3.05, 3.63) is 76.8 Å². The van der Waals surface area contributed by atoms with Gasteiger partial charge in [0, 0.05) is 61.8 Å². The number of hydrogen-bond donors (Lipinski definition) is 4. The third-order valence-electron chi connectivity index (χ3n) is 6.51. The Balaban J connectivity index is 0.000000714. The van der Waals surface area contributed by atoms with Gasteiger partial charge in [-0.25, -0.2) is 4.98 Å². The molecular formula is C26H32Cl2N4O8Si. The van der Waals surface area contributed by atoms with Crippen LogP contribution in [0.4, 0.5) is 5.69 Å². The molecule has 0 saturated carbocycles. The van der Waals surface area contributed by atoms with Crippen molar-refractivity contribution < 1.29 is 38.2 Å². The van der Waals surface area contributed by atoms with Crippen LogP contribution in [-0.4, -0.2) is 94.1 Å². The van der Waals surface area contributed by atoms with Gasteiger partial charge in [-0.1, -0.05) is 29.3 Å². The van der Waals surface area contributed by atoms with Crippen molar-refractivity contribution in [3.63, 3.8) is 0 Å². The Bertz CT molecular complexity index is 1280. The summed E-state index contributed by atoms with van der Waals surface area (Å²) in [6, 6.07) is 13.3. The zero-order valence-electron chi connectivity index (χ0n) is 22.3. The molecule has 3 aromatic rings. The Morgan fingerprint density at radius 1 is 1.10 bits per heavy atom. The van der Waals surface area contributed by atoms with Crippen molar-refractivity contribution >= 4 is 43.8 Å². The van der Waals surface area contributed by atoms with E-state index in [2.05, 4.69) is 9.88 Å². The molecule has 0 unspecified atom stereocenters. The van der Waals surface area contributed by atoms with E-state index < -0.39 is 14.8 Å². The van der Waals surface area contributed by atoms with Gasteiger partial charge in [-0.15, -0.1) is 0 Å². The van der Waals surface area contributed by atoms with Crippen LogP contribution in [0.3, 0.4) is 0 Å². The molecule has 1 amide bonds. The zero-order valence-corrected chi connectivity index (χ0v) is 24.8. The minimum atomic E-state index is -4.61. The van der Waals surface area contributed by atoms with Crippen molar-refractivity contribution in [3.8, 4) is 5.75 Å². The van der Waals surface area contributed by atoms with Crippen LogP contribution in [-0.2, 0) is 26.6 Å². The maximum absolute atomic E-state index is 11.6. The number of carbonyl (C=O) groups excluding carboxylic acids is 1. The molecule has 0 radical (unpaired) electrons. The number of anilines is 1. The van der Waals surface area contributed by atoms with E-state index in [1.807, 2.05) is 46.0 Å². The number of piperazine rings is 1. The van der Waals surface area contributed by atoms with E-state index >= 15 is 0 Å². The fourth-order valence-electron chi connectivity index (χ4n) is 4.60. The lowest BCUT2D eigenvalue weighted by atomic mass is 10.1. The number of amides is 1. The lowest BCUT2D eigenvalue weighted by Crippen LogP contribution is -2.48. The number of imidazole rings is 1. The molecule has 2 atom stereocenters. The third kappa shape index (κ3) is 8.88. The predicted molar refractivity (Wildman–Crippen MR) is 152 cm³/mol. The Morgan fingerprint density at radius 3 is 2.37 bits per heavy atom. The molecule has 0 aliphatic carbocycles. The molecular weight excluding hydrogens is 595 g/mol. The lowest BCUT2D eigenvalue weighted by Gasteiger charge is -2.35. The highest BCUT2D eigenvalue weighted by atomic mass is 35.5. The lowest BCUT2D eigenvalue weighted by molar-refractivity contribution is -0.189. The van der Waals surface area contributed by atoms with Crippen molar-refractivity contribution in [1.82, 2.24) is 14.5 Å². The summed E-state index contributed by atoms with van der Waals surface area (Å²) in [5.74, 6) is -0.201. The Hall–Kier alpha value is -2.72. The van der Waals surface area contributed by atoms with Crippen molar-refractivity contribution in [2.45, 2.75) is 25.4 Å². The van der Waals surface area contributed by atoms with Gasteiger partial charge in [0.15, 0.2) is 0 Å². The van der Waals surface area contributed by atoms with Gasteiger partial charge in [0.25, 0.3) is 0 Å². The number of ether oxygens (including phenoxy) is 3.